The number of aromatic amines is 1. The smallest absolute Gasteiger partial charge is 0.353 e. The van der Waals surface area contributed by atoms with Gasteiger partial charge in [0.1, 0.15) is 11.5 Å². The second kappa shape index (κ2) is 6.93. The summed E-state index contributed by atoms with van der Waals surface area (Å²) in [5.41, 5.74) is 3.25. The Labute approximate surface area is 172 Å². The van der Waals surface area contributed by atoms with Gasteiger partial charge in [-0.2, -0.15) is 0 Å². The molecule has 0 unspecified atom stereocenters. The minimum atomic E-state index is -1.20. The molecule has 0 aliphatic rings. The molecule has 0 fully saturated rings. The van der Waals surface area contributed by atoms with Gasteiger partial charge < -0.3 is 14.7 Å². The van der Waals surface area contributed by atoms with Gasteiger partial charge in [0.2, 0.25) is 0 Å². The van der Waals surface area contributed by atoms with Crippen LogP contribution in [0, 0.1) is 5.82 Å². The van der Waals surface area contributed by atoms with Gasteiger partial charge in [-0.25, -0.2) is 14.2 Å². The first-order chi connectivity index (χ1) is 14.6. The molecule has 0 atom stereocenters. The van der Waals surface area contributed by atoms with Crippen LogP contribution in [0.5, 0.6) is 0 Å². The topological polar surface area (TPSA) is 88.0 Å². The molecule has 3 heterocycles. The van der Waals surface area contributed by atoms with E-state index in [1.54, 1.807) is 41.9 Å². The molecular formula is C22H14FN3O3S. The number of aromatic nitrogens is 3. The van der Waals surface area contributed by atoms with Crippen LogP contribution in [-0.2, 0) is 6.54 Å². The molecule has 2 N–H and O–H groups in total. The van der Waals surface area contributed by atoms with Crippen LogP contribution in [0.15, 0.2) is 65.0 Å². The lowest BCUT2D eigenvalue weighted by Gasteiger charge is -2.10. The zero-order valence-corrected chi connectivity index (χ0v) is 16.2. The molecule has 30 heavy (non-hydrogen) atoms. The fourth-order valence-corrected chi connectivity index (χ4v) is 4.51. The number of nitrogens with one attached hydrogen (secondary N) is 1. The van der Waals surface area contributed by atoms with Crippen molar-refractivity contribution in [3.8, 4) is 11.1 Å². The van der Waals surface area contributed by atoms with Crippen molar-refractivity contribution in [1.29, 1.82) is 0 Å². The van der Waals surface area contributed by atoms with Crippen LogP contribution in [-0.4, -0.2) is 25.6 Å². The fourth-order valence-electron chi connectivity index (χ4n) is 3.83. The van der Waals surface area contributed by atoms with E-state index in [0.717, 1.165) is 4.70 Å². The van der Waals surface area contributed by atoms with Crippen molar-refractivity contribution in [3.63, 3.8) is 0 Å². The maximum absolute atomic E-state index is 14.4. The predicted octanol–water partition coefficient (Wildman–Crippen LogP) is 4.49. The molecule has 148 valence electrons. The lowest BCUT2D eigenvalue weighted by molar-refractivity contribution is 0.0687. The highest BCUT2D eigenvalue weighted by molar-refractivity contribution is 7.16. The molecule has 0 bridgehead atoms. The van der Waals surface area contributed by atoms with Crippen molar-refractivity contribution in [1.82, 2.24) is 14.5 Å². The normalized spacial score (nSPS) is 11.4. The number of rotatable bonds is 4. The van der Waals surface area contributed by atoms with Crippen molar-refractivity contribution in [2.45, 2.75) is 6.54 Å². The van der Waals surface area contributed by atoms with Crippen LogP contribution in [0.3, 0.4) is 0 Å². The second-order valence-corrected chi connectivity index (χ2v) is 7.66. The highest BCUT2D eigenvalue weighted by atomic mass is 32.1. The Bertz CT molecular complexity index is 1500. The highest BCUT2D eigenvalue weighted by Crippen LogP contribution is 2.39. The monoisotopic (exact) mass is 419 g/mol. The Balaban J connectivity index is 1.94. The van der Waals surface area contributed by atoms with E-state index in [-0.39, 0.29) is 23.4 Å². The number of hydrogen-bond acceptors (Lipinski definition) is 4. The Morgan fingerprint density at radius 1 is 1.17 bits per heavy atom. The Hall–Kier alpha value is -3.78. The van der Waals surface area contributed by atoms with Crippen molar-refractivity contribution in [3.05, 3.63) is 87.7 Å². The average Bonchev–Trinajstić information content (AvgIpc) is 3.32. The van der Waals surface area contributed by atoms with Gasteiger partial charge in [0, 0.05) is 22.7 Å². The number of thiazole rings is 1. The SMILES string of the molecule is O=C(O)c1c(-c2ccc[nH]c2=O)c2c3ncsc3ccc2n1Cc1ccccc1F. The molecule has 0 radical (unpaired) electrons. The summed E-state index contributed by atoms with van der Waals surface area (Å²) in [5.74, 6) is -1.63. The third-order valence-electron chi connectivity index (χ3n) is 5.10. The largest absolute Gasteiger partial charge is 0.477 e. The number of carbonyl (C=O) groups is 1. The highest BCUT2D eigenvalue weighted by Gasteiger charge is 2.27. The quantitative estimate of drug-likeness (QED) is 0.449. The van der Waals surface area contributed by atoms with E-state index in [1.165, 1.54) is 28.2 Å². The number of halogens is 1. The van der Waals surface area contributed by atoms with Gasteiger partial charge in [0.15, 0.2) is 0 Å². The van der Waals surface area contributed by atoms with Gasteiger partial charge in [-0.3, -0.25) is 4.79 Å². The molecule has 0 saturated carbocycles. The maximum Gasteiger partial charge on any atom is 0.353 e. The van der Waals surface area contributed by atoms with Crippen molar-refractivity contribution in [2.24, 2.45) is 0 Å². The molecule has 0 aliphatic carbocycles. The van der Waals surface area contributed by atoms with Crippen LogP contribution in [0.4, 0.5) is 4.39 Å². The lowest BCUT2D eigenvalue weighted by atomic mass is 10.0. The lowest BCUT2D eigenvalue weighted by Crippen LogP contribution is -2.14. The third kappa shape index (κ3) is 2.73. The van der Waals surface area contributed by atoms with Crippen LogP contribution in [0.2, 0.25) is 0 Å². The zero-order valence-electron chi connectivity index (χ0n) is 15.4. The summed E-state index contributed by atoms with van der Waals surface area (Å²) in [6.07, 6.45) is 1.49. The van der Waals surface area contributed by atoms with Gasteiger partial charge >= 0.3 is 5.97 Å². The Morgan fingerprint density at radius 2 is 2.00 bits per heavy atom. The zero-order chi connectivity index (χ0) is 20.8. The minimum absolute atomic E-state index is 0.00515. The summed E-state index contributed by atoms with van der Waals surface area (Å²) in [6.45, 7) is 0.00515. The molecule has 0 aliphatic heterocycles. The van der Waals surface area contributed by atoms with E-state index in [0.29, 0.717) is 22.0 Å². The average molecular weight is 419 g/mol. The number of nitrogens with zero attached hydrogens (tertiary/aromatic N) is 2. The molecular weight excluding hydrogens is 405 g/mol. The molecule has 5 aromatic rings. The number of carboxylic acid groups (broad SMARTS) is 1. The molecule has 5 rings (SSSR count). The first-order valence-electron chi connectivity index (χ1n) is 9.09. The van der Waals surface area contributed by atoms with E-state index < -0.39 is 17.3 Å². The van der Waals surface area contributed by atoms with Crippen LogP contribution in [0.1, 0.15) is 16.1 Å². The molecule has 0 amide bonds. The van der Waals surface area contributed by atoms with Crippen molar-refractivity contribution >= 4 is 38.4 Å². The number of pyridine rings is 1. The number of fused-ring (bicyclic) bond motifs is 3. The van der Waals surface area contributed by atoms with E-state index in [2.05, 4.69) is 9.97 Å². The van der Waals surface area contributed by atoms with Crippen molar-refractivity contribution < 1.29 is 14.3 Å². The molecule has 3 aromatic heterocycles. The fraction of sp³-hybridized carbons (Fsp3) is 0.0455. The van der Waals surface area contributed by atoms with Crippen molar-refractivity contribution in [2.75, 3.05) is 0 Å². The second-order valence-electron chi connectivity index (χ2n) is 6.78. The summed E-state index contributed by atoms with van der Waals surface area (Å²) in [4.78, 5) is 32.0. The molecule has 0 saturated heterocycles. The minimum Gasteiger partial charge on any atom is -0.477 e. The molecule has 8 heteroatoms. The first kappa shape index (κ1) is 18.3. The van der Waals surface area contributed by atoms with E-state index in [9.17, 15) is 19.1 Å². The number of carboxylic acids is 1. The van der Waals surface area contributed by atoms with Gasteiger partial charge in [0.25, 0.3) is 5.56 Å². The standard InChI is InChI=1S/C22H14FN3O3S/c23-14-6-2-1-4-12(14)10-26-15-7-8-16-19(25-11-30-16)18(15)17(20(26)22(28)29)13-5-3-9-24-21(13)27/h1-9,11H,10H2,(H,24,27)(H,28,29). The van der Waals surface area contributed by atoms with E-state index in [1.807, 2.05) is 6.07 Å². The van der Waals surface area contributed by atoms with Crippen LogP contribution < -0.4 is 5.56 Å². The van der Waals surface area contributed by atoms with Gasteiger partial charge in [-0.1, -0.05) is 18.2 Å². The van der Waals surface area contributed by atoms with E-state index in [4.69, 9.17) is 0 Å². The summed E-state index contributed by atoms with van der Waals surface area (Å²) in [6, 6.07) is 13.1. The summed E-state index contributed by atoms with van der Waals surface area (Å²) >= 11 is 1.43. The molecule has 6 nitrogen and oxygen atoms in total. The Morgan fingerprint density at radius 3 is 2.77 bits per heavy atom. The number of H-pyrrole nitrogens is 1. The number of benzene rings is 2. The van der Waals surface area contributed by atoms with Gasteiger partial charge in [0.05, 0.1) is 33.4 Å². The summed E-state index contributed by atoms with van der Waals surface area (Å²) in [5, 5.41) is 10.7. The molecule has 2 aromatic carbocycles. The maximum atomic E-state index is 14.4. The Kier molecular flexibility index (Phi) is 4.22. The summed E-state index contributed by atoms with van der Waals surface area (Å²) < 4.78 is 16.8. The van der Waals surface area contributed by atoms with Gasteiger partial charge in [-0.05, 0) is 30.3 Å². The van der Waals surface area contributed by atoms with Crippen LogP contribution >= 0.6 is 11.3 Å². The van der Waals surface area contributed by atoms with Gasteiger partial charge in [-0.15, -0.1) is 11.3 Å². The summed E-state index contributed by atoms with van der Waals surface area (Å²) in [7, 11) is 0. The van der Waals surface area contributed by atoms with Crippen LogP contribution in [0.25, 0.3) is 32.2 Å². The number of aromatic carboxylic acids is 1. The van der Waals surface area contributed by atoms with E-state index >= 15 is 0 Å². The molecule has 0 spiro atoms. The first-order valence-corrected chi connectivity index (χ1v) is 9.97. The predicted molar refractivity (Wildman–Crippen MR) is 114 cm³/mol. The number of hydrogen-bond donors (Lipinski definition) is 2. The third-order valence-corrected chi connectivity index (χ3v) is 5.90.